The van der Waals surface area contributed by atoms with E-state index in [4.69, 9.17) is 4.74 Å². The number of morpholine rings is 1. The summed E-state index contributed by atoms with van der Waals surface area (Å²) in [6.45, 7) is 3.36. The number of carbonyl (C=O) groups is 1. The molecule has 2 aliphatic rings. The van der Waals surface area contributed by atoms with Crippen LogP contribution in [0, 0.1) is 11.3 Å². The summed E-state index contributed by atoms with van der Waals surface area (Å²) in [6.07, 6.45) is 5.99. The quantitative estimate of drug-likeness (QED) is 0.775. The second-order valence-corrected chi connectivity index (χ2v) is 5.54. The zero-order valence-corrected chi connectivity index (χ0v) is 11.5. The molecule has 0 radical (unpaired) electrons. The van der Waals surface area contributed by atoms with Crippen LogP contribution in [0.25, 0.3) is 0 Å². The first-order chi connectivity index (χ1) is 9.24. The summed E-state index contributed by atoms with van der Waals surface area (Å²) in [5.74, 6) is -0.0228. The summed E-state index contributed by atoms with van der Waals surface area (Å²) >= 11 is 0. The van der Waals surface area contributed by atoms with Crippen LogP contribution >= 0.6 is 0 Å². The van der Waals surface area contributed by atoms with E-state index >= 15 is 0 Å². The summed E-state index contributed by atoms with van der Waals surface area (Å²) in [4.78, 5) is 14.2. The lowest BCUT2D eigenvalue weighted by Crippen LogP contribution is -2.51. The Balaban J connectivity index is 1.86. The van der Waals surface area contributed by atoms with Crippen molar-refractivity contribution in [2.24, 2.45) is 0 Å². The van der Waals surface area contributed by atoms with Crippen LogP contribution in [-0.2, 0) is 9.53 Å². The van der Waals surface area contributed by atoms with Crippen LogP contribution < -0.4 is 5.32 Å². The smallest absolute Gasteiger partial charge is 0.235 e. The lowest BCUT2D eigenvalue weighted by Gasteiger charge is -2.30. The molecule has 1 amide bonds. The molecule has 1 saturated heterocycles. The zero-order valence-electron chi connectivity index (χ0n) is 11.5. The van der Waals surface area contributed by atoms with E-state index in [-0.39, 0.29) is 5.91 Å². The van der Waals surface area contributed by atoms with Crippen molar-refractivity contribution in [2.45, 2.75) is 44.1 Å². The average Bonchev–Trinajstić information content (AvgIpc) is 2.66. The second-order valence-electron chi connectivity index (χ2n) is 5.54. The summed E-state index contributed by atoms with van der Waals surface area (Å²) < 4.78 is 5.26. The van der Waals surface area contributed by atoms with Crippen molar-refractivity contribution >= 4 is 5.91 Å². The normalized spacial score (nSPS) is 24.2. The molecule has 0 aromatic carbocycles. The van der Waals surface area contributed by atoms with Gasteiger partial charge in [-0.05, 0) is 12.8 Å². The van der Waals surface area contributed by atoms with Gasteiger partial charge in [-0.3, -0.25) is 9.69 Å². The minimum Gasteiger partial charge on any atom is -0.379 e. The number of nitrogens with one attached hydrogen (secondary N) is 1. The fraction of sp³-hybridized carbons (Fsp3) is 0.857. The van der Waals surface area contributed by atoms with Crippen molar-refractivity contribution in [3.8, 4) is 6.07 Å². The lowest BCUT2D eigenvalue weighted by atomic mass is 9.92. The third-order valence-electron chi connectivity index (χ3n) is 4.02. The maximum Gasteiger partial charge on any atom is 0.235 e. The molecule has 1 aliphatic heterocycles. The summed E-state index contributed by atoms with van der Waals surface area (Å²) in [5.41, 5.74) is -0.625. The topological polar surface area (TPSA) is 65.4 Å². The van der Waals surface area contributed by atoms with Crippen molar-refractivity contribution in [1.29, 1.82) is 5.26 Å². The Morgan fingerprint density at radius 3 is 2.42 bits per heavy atom. The van der Waals surface area contributed by atoms with Crippen LogP contribution in [-0.4, -0.2) is 49.2 Å². The van der Waals surface area contributed by atoms with Crippen LogP contribution in [0.4, 0.5) is 0 Å². The molecule has 19 heavy (non-hydrogen) atoms. The predicted molar refractivity (Wildman–Crippen MR) is 71.4 cm³/mol. The Labute approximate surface area is 114 Å². The summed E-state index contributed by atoms with van der Waals surface area (Å²) in [6, 6.07) is 2.35. The number of rotatable bonds is 3. The number of nitriles is 1. The van der Waals surface area contributed by atoms with Gasteiger partial charge in [0.15, 0.2) is 0 Å². The number of carbonyl (C=O) groups excluding carboxylic acids is 1. The highest BCUT2D eigenvalue weighted by molar-refractivity contribution is 5.79. The van der Waals surface area contributed by atoms with E-state index < -0.39 is 5.54 Å². The fourth-order valence-electron chi connectivity index (χ4n) is 2.87. The monoisotopic (exact) mass is 265 g/mol. The maximum atomic E-state index is 12.1. The second kappa shape index (κ2) is 6.88. The third-order valence-corrected chi connectivity index (χ3v) is 4.02. The van der Waals surface area contributed by atoms with Gasteiger partial charge >= 0.3 is 0 Å². The van der Waals surface area contributed by atoms with Crippen LogP contribution in [0.15, 0.2) is 0 Å². The SMILES string of the molecule is N#CC1(NC(=O)CN2CCOCC2)CCCCCC1. The van der Waals surface area contributed by atoms with Gasteiger partial charge in [0.25, 0.3) is 0 Å². The van der Waals surface area contributed by atoms with Gasteiger partial charge in [0.2, 0.25) is 5.91 Å². The number of hydrogen-bond donors (Lipinski definition) is 1. The van der Waals surface area contributed by atoms with E-state index in [0.29, 0.717) is 19.8 Å². The van der Waals surface area contributed by atoms with Crippen molar-refractivity contribution in [3.63, 3.8) is 0 Å². The fourth-order valence-corrected chi connectivity index (χ4v) is 2.87. The molecule has 5 nitrogen and oxygen atoms in total. The maximum absolute atomic E-state index is 12.1. The van der Waals surface area contributed by atoms with E-state index in [9.17, 15) is 10.1 Å². The minimum atomic E-state index is -0.625. The van der Waals surface area contributed by atoms with Gasteiger partial charge in [0, 0.05) is 13.1 Å². The van der Waals surface area contributed by atoms with E-state index in [1.165, 1.54) is 12.8 Å². The van der Waals surface area contributed by atoms with Crippen molar-refractivity contribution < 1.29 is 9.53 Å². The van der Waals surface area contributed by atoms with Crippen LogP contribution in [0.3, 0.4) is 0 Å². The first kappa shape index (κ1) is 14.3. The van der Waals surface area contributed by atoms with Gasteiger partial charge in [0.05, 0.1) is 25.8 Å². The van der Waals surface area contributed by atoms with Crippen LogP contribution in [0.1, 0.15) is 38.5 Å². The number of amides is 1. The van der Waals surface area contributed by atoms with Gasteiger partial charge in [-0.25, -0.2) is 0 Å². The van der Waals surface area contributed by atoms with Gasteiger partial charge in [-0.15, -0.1) is 0 Å². The Morgan fingerprint density at radius 1 is 1.21 bits per heavy atom. The van der Waals surface area contributed by atoms with Crippen molar-refractivity contribution in [2.75, 3.05) is 32.8 Å². The standard InChI is InChI=1S/C14H23N3O2/c15-12-14(5-3-1-2-4-6-14)16-13(18)11-17-7-9-19-10-8-17/h1-11H2,(H,16,18). The highest BCUT2D eigenvalue weighted by Gasteiger charge is 2.32. The molecular formula is C14H23N3O2. The highest BCUT2D eigenvalue weighted by Crippen LogP contribution is 2.26. The number of ether oxygens (including phenoxy) is 1. The predicted octanol–water partition coefficient (Wildman–Crippen LogP) is 1.05. The van der Waals surface area contributed by atoms with Crippen molar-refractivity contribution in [3.05, 3.63) is 0 Å². The van der Waals surface area contributed by atoms with Gasteiger partial charge < -0.3 is 10.1 Å². The van der Waals surface area contributed by atoms with Crippen molar-refractivity contribution in [1.82, 2.24) is 10.2 Å². The molecular weight excluding hydrogens is 242 g/mol. The molecule has 0 aromatic rings. The minimum absolute atomic E-state index is 0.0228. The summed E-state index contributed by atoms with van der Waals surface area (Å²) in [7, 11) is 0. The highest BCUT2D eigenvalue weighted by atomic mass is 16.5. The molecule has 1 saturated carbocycles. The molecule has 5 heteroatoms. The van der Waals surface area contributed by atoms with Gasteiger partial charge in [0.1, 0.15) is 5.54 Å². The van der Waals surface area contributed by atoms with Crippen LogP contribution in [0.5, 0.6) is 0 Å². The molecule has 0 bridgehead atoms. The molecule has 106 valence electrons. The van der Waals surface area contributed by atoms with Gasteiger partial charge in [-0.2, -0.15) is 5.26 Å². The molecule has 0 spiro atoms. The van der Waals surface area contributed by atoms with E-state index in [2.05, 4.69) is 16.3 Å². The van der Waals surface area contributed by atoms with Crippen LogP contribution in [0.2, 0.25) is 0 Å². The number of hydrogen-bond acceptors (Lipinski definition) is 4. The third kappa shape index (κ3) is 4.19. The molecule has 2 fully saturated rings. The molecule has 0 aromatic heterocycles. The Bertz CT molecular complexity index is 337. The van der Waals surface area contributed by atoms with E-state index in [1.807, 2.05) is 0 Å². The first-order valence-corrected chi connectivity index (χ1v) is 7.26. The Kier molecular flexibility index (Phi) is 5.17. The molecule has 0 atom stereocenters. The molecule has 1 heterocycles. The van der Waals surface area contributed by atoms with E-state index in [0.717, 1.165) is 38.8 Å². The Morgan fingerprint density at radius 2 is 1.84 bits per heavy atom. The largest absolute Gasteiger partial charge is 0.379 e. The molecule has 0 unspecified atom stereocenters. The average molecular weight is 265 g/mol. The summed E-state index contributed by atoms with van der Waals surface area (Å²) in [5, 5.41) is 12.4. The molecule has 2 rings (SSSR count). The first-order valence-electron chi connectivity index (χ1n) is 7.26. The van der Waals surface area contributed by atoms with E-state index in [1.54, 1.807) is 0 Å². The molecule has 1 aliphatic carbocycles. The van der Waals surface area contributed by atoms with Gasteiger partial charge in [-0.1, -0.05) is 25.7 Å². The Hall–Kier alpha value is -1.12. The lowest BCUT2D eigenvalue weighted by molar-refractivity contribution is -0.124. The number of nitrogens with zero attached hydrogens (tertiary/aromatic N) is 2. The zero-order chi connectivity index (χ0) is 13.6. The molecule has 1 N–H and O–H groups in total.